The van der Waals surface area contributed by atoms with Crippen molar-refractivity contribution in [1.29, 1.82) is 0 Å². The van der Waals surface area contributed by atoms with Gasteiger partial charge < -0.3 is 13.3 Å². The first kappa shape index (κ1) is 10.4. The van der Waals surface area contributed by atoms with Crippen LogP contribution in [0.5, 0.6) is 0 Å². The molecule has 0 radical (unpaired) electrons. The standard InChI is InChI=1S/C12H9FO3P/c13-17(10-4-1-7-14-10,11-5-2-8-15-11)12-6-3-9-16-12/h1-9H/q+1. The average molecular weight is 251 g/mol. The Hall–Kier alpha value is -1.80. The molecule has 5 heteroatoms. The van der Waals surface area contributed by atoms with E-state index < -0.39 is 7.57 Å². The molecule has 86 valence electrons. The van der Waals surface area contributed by atoms with Gasteiger partial charge in [0.15, 0.2) is 0 Å². The van der Waals surface area contributed by atoms with Crippen LogP contribution in [0.1, 0.15) is 0 Å². The van der Waals surface area contributed by atoms with E-state index in [1.807, 2.05) is 0 Å². The highest BCUT2D eigenvalue weighted by Gasteiger charge is 2.57. The van der Waals surface area contributed by atoms with E-state index in [-0.39, 0.29) is 16.5 Å². The molecule has 3 heterocycles. The summed E-state index contributed by atoms with van der Waals surface area (Å²) in [6.07, 6.45) is 4.32. The van der Waals surface area contributed by atoms with Crippen LogP contribution in [0.15, 0.2) is 68.4 Å². The highest BCUT2D eigenvalue weighted by Crippen LogP contribution is 2.57. The van der Waals surface area contributed by atoms with Crippen LogP contribution in [0.2, 0.25) is 0 Å². The zero-order chi connectivity index (χ0) is 11.7. The summed E-state index contributed by atoms with van der Waals surface area (Å²) in [7, 11) is -3.38. The monoisotopic (exact) mass is 251 g/mol. The van der Waals surface area contributed by atoms with Gasteiger partial charge in [-0.25, -0.2) is 0 Å². The maximum atomic E-state index is 15.3. The van der Waals surface area contributed by atoms with Gasteiger partial charge in [0, 0.05) is 18.2 Å². The lowest BCUT2D eigenvalue weighted by Crippen LogP contribution is -2.25. The van der Waals surface area contributed by atoms with E-state index in [9.17, 15) is 0 Å². The van der Waals surface area contributed by atoms with E-state index in [0.717, 1.165) is 0 Å². The first-order chi connectivity index (χ1) is 8.32. The molecule has 0 aliphatic carbocycles. The third-order valence-corrected chi connectivity index (χ3v) is 5.02. The van der Waals surface area contributed by atoms with Crippen LogP contribution < -0.4 is 16.5 Å². The molecule has 0 spiro atoms. The van der Waals surface area contributed by atoms with Gasteiger partial charge in [0.2, 0.25) is 0 Å². The van der Waals surface area contributed by atoms with Gasteiger partial charge in [-0.05, 0) is 22.4 Å². The maximum absolute atomic E-state index is 15.3. The molecule has 0 aliphatic heterocycles. The van der Waals surface area contributed by atoms with Gasteiger partial charge in [-0.2, -0.15) is 0 Å². The Bertz CT molecular complexity index is 485. The zero-order valence-corrected chi connectivity index (χ0v) is 9.64. The fourth-order valence-electron chi connectivity index (χ4n) is 1.66. The predicted molar refractivity (Wildman–Crippen MR) is 63.1 cm³/mol. The molecular formula is C12H9FO3P+. The molecular weight excluding hydrogens is 242 g/mol. The molecule has 3 rings (SSSR count). The van der Waals surface area contributed by atoms with Crippen LogP contribution in [0.25, 0.3) is 0 Å². The minimum absolute atomic E-state index is 0.238. The van der Waals surface area contributed by atoms with E-state index in [4.69, 9.17) is 13.3 Å². The largest absolute Gasteiger partial charge is 0.432 e. The molecule has 0 N–H and O–H groups in total. The Kier molecular flexibility index (Phi) is 2.37. The molecule has 0 unspecified atom stereocenters. The second-order valence-electron chi connectivity index (χ2n) is 3.44. The first-order valence-electron chi connectivity index (χ1n) is 5.03. The Morgan fingerprint density at radius 2 is 1.06 bits per heavy atom. The molecule has 3 nitrogen and oxygen atoms in total. The third kappa shape index (κ3) is 1.53. The van der Waals surface area contributed by atoms with Crippen LogP contribution in [-0.2, 0) is 0 Å². The number of hydrogen-bond acceptors (Lipinski definition) is 3. The van der Waals surface area contributed by atoms with Crippen LogP contribution in [0.3, 0.4) is 0 Å². The summed E-state index contributed by atoms with van der Waals surface area (Å²) in [5.41, 5.74) is 0.715. The number of hydrogen-bond donors (Lipinski definition) is 0. The van der Waals surface area contributed by atoms with Crippen molar-refractivity contribution in [3.63, 3.8) is 0 Å². The fraction of sp³-hybridized carbons (Fsp3) is 0. The molecule has 0 saturated carbocycles. The average Bonchev–Trinajstić information content (AvgIpc) is 3.10. The summed E-state index contributed by atoms with van der Waals surface area (Å²) in [6, 6.07) is 9.73. The smallest absolute Gasteiger partial charge is 0.408 e. The molecule has 0 bridgehead atoms. The highest BCUT2D eigenvalue weighted by atomic mass is 31.2. The summed E-state index contributed by atoms with van der Waals surface area (Å²) in [5.74, 6) is 0. The van der Waals surface area contributed by atoms with Gasteiger partial charge in [0.05, 0.1) is 18.8 Å². The highest BCUT2D eigenvalue weighted by molar-refractivity contribution is 7.90. The Morgan fingerprint density at radius 3 is 1.29 bits per heavy atom. The number of rotatable bonds is 3. The molecule has 3 aromatic heterocycles. The van der Waals surface area contributed by atoms with E-state index >= 15 is 4.20 Å². The second kappa shape index (κ2) is 3.90. The van der Waals surface area contributed by atoms with Crippen molar-refractivity contribution >= 4 is 24.1 Å². The zero-order valence-electron chi connectivity index (χ0n) is 8.75. The van der Waals surface area contributed by atoms with Gasteiger partial charge in [-0.3, -0.25) is 0 Å². The third-order valence-electron chi connectivity index (χ3n) is 2.43. The molecule has 0 atom stereocenters. The fourth-order valence-corrected chi connectivity index (χ4v) is 3.81. The topological polar surface area (TPSA) is 39.4 Å². The molecule has 3 aromatic rings. The van der Waals surface area contributed by atoms with E-state index in [2.05, 4.69) is 0 Å². The van der Waals surface area contributed by atoms with Gasteiger partial charge in [-0.15, -0.1) is 0 Å². The number of furan rings is 3. The van der Waals surface area contributed by atoms with Crippen molar-refractivity contribution in [3.05, 3.63) is 55.2 Å². The van der Waals surface area contributed by atoms with Crippen LogP contribution in [-0.4, -0.2) is 0 Å². The Labute approximate surface area is 97.3 Å². The van der Waals surface area contributed by atoms with Crippen molar-refractivity contribution in [2.24, 2.45) is 0 Å². The first-order valence-corrected chi connectivity index (χ1v) is 6.71. The summed E-state index contributed by atoms with van der Waals surface area (Å²) < 4.78 is 30.9. The van der Waals surface area contributed by atoms with Crippen molar-refractivity contribution in [2.75, 3.05) is 0 Å². The van der Waals surface area contributed by atoms with Crippen molar-refractivity contribution in [2.45, 2.75) is 0 Å². The minimum atomic E-state index is -3.38. The molecule has 0 aromatic carbocycles. The quantitative estimate of drug-likeness (QED) is 0.672. The van der Waals surface area contributed by atoms with E-state index in [1.54, 1.807) is 36.4 Å². The molecule has 0 fully saturated rings. The van der Waals surface area contributed by atoms with Gasteiger partial charge in [0.1, 0.15) is 0 Å². The van der Waals surface area contributed by atoms with Crippen molar-refractivity contribution in [1.82, 2.24) is 0 Å². The molecule has 0 aliphatic rings. The second-order valence-corrected chi connectivity index (χ2v) is 5.94. The van der Waals surface area contributed by atoms with E-state index in [0.29, 0.717) is 0 Å². The van der Waals surface area contributed by atoms with Gasteiger partial charge in [-0.1, -0.05) is 0 Å². The van der Waals surface area contributed by atoms with Crippen molar-refractivity contribution in [3.8, 4) is 0 Å². The van der Waals surface area contributed by atoms with Crippen LogP contribution in [0, 0.1) is 0 Å². The molecule has 17 heavy (non-hydrogen) atoms. The summed E-state index contributed by atoms with van der Waals surface area (Å²) in [5, 5.41) is 0. The lowest BCUT2D eigenvalue weighted by molar-refractivity contribution is 0.569. The predicted octanol–water partition coefficient (Wildman–Crippen LogP) is 2.64. The molecule has 0 amide bonds. The summed E-state index contributed by atoms with van der Waals surface area (Å²) >= 11 is 0. The minimum Gasteiger partial charge on any atom is -0.432 e. The maximum Gasteiger partial charge on any atom is 0.408 e. The van der Waals surface area contributed by atoms with Gasteiger partial charge in [0.25, 0.3) is 16.5 Å². The molecule has 0 saturated heterocycles. The van der Waals surface area contributed by atoms with Crippen LogP contribution >= 0.6 is 7.57 Å². The lowest BCUT2D eigenvalue weighted by atomic mass is 10.7. The Morgan fingerprint density at radius 1 is 0.706 bits per heavy atom. The van der Waals surface area contributed by atoms with E-state index in [1.165, 1.54) is 18.8 Å². The summed E-state index contributed by atoms with van der Waals surface area (Å²) in [4.78, 5) is 0. The van der Waals surface area contributed by atoms with Crippen molar-refractivity contribution < 1.29 is 17.4 Å². The lowest BCUT2D eigenvalue weighted by Gasteiger charge is -2.06. The van der Waals surface area contributed by atoms with Crippen LogP contribution in [0.4, 0.5) is 4.20 Å². The summed E-state index contributed by atoms with van der Waals surface area (Å²) in [6.45, 7) is 0. The van der Waals surface area contributed by atoms with Gasteiger partial charge >= 0.3 is 7.57 Å². The number of halogens is 1. The Balaban J connectivity index is 2.21. The SMILES string of the molecule is F[P+](c1ccco1)(c1ccco1)c1ccco1. The normalized spacial score (nSPS) is 11.8.